The molecular weight excluding hydrogens is 307 g/mol. The number of aliphatic hydroxyl groups excluding tert-OH is 1. The van der Waals surface area contributed by atoms with E-state index in [-0.39, 0.29) is 12.4 Å². The Morgan fingerprint density at radius 3 is 2.62 bits per heavy atom. The summed E-state index contributed by atoms with van der Waals surface area (Å²) in [6.45, 7) is 10.7. The molecule has 1 aromatic carbocycles. The number of halogens is 1. The monoisotopic (exact) mass is 338 g/mol. The van der Waals surface area contributed by atoms with Crippen molar-refractivity contribution in [1.29, 1.82) is 0 Å². The van der Waals surface area contributed by atoms with Crippen molar-refractivity contribution in [2.24, 2.45) is 5.92 Å². The molecule has 1 aromatic rings. The summed E-state index contributed by atoms with van der Waals surface area (Å²) >= 11 is 0. The molecule has 0 aromatic heterocycles. The average molecular weight is 338 g/mol. The van der Waals surface area contributed by atoms with Gasteiger partial charge in [-0.1, -0.05) is 26.0 Å². The van der Waals surface area contributed by atoms with Crippen LogP contribution in [0, 0.1) is 11.7 Å². The van der Waals surface area contributed by atoms with Gasteiger partial charge in [0.25, 0.3) is 0 Å². The zero-order valence-electron chi connectivity index (χ0n) is 15.0. The second-order valence-electron chi connectivity index (χ2n) is 6.90. The fraction of sp³-hybridized carbons (Fsp3) is 0.684. The first-order valence-corrected chi connectivity index (χ1v) is 8.99. The van der Waals surface area contributed by atoms with E-state index in [1.807, 2.05) is 12.1 Å². The molecule has 5 heteroatoms. The average Bonchev–Trinajstić information content (AvgIpc) is 2.76. The molecule has 0 spiro atoms. The van der Waals surface area contributed by atoms with Gasteiger partial charge in [-0.05, 0) is 36.6 Å². The van der Waals surface area contributed by atoms with E-state index in [4.69, 9.17) is 9.84 Å². The van der Waals surface area contributed by atoms with Crippen molar-refractivity contribution in [3.63, 3.8) is 0 Å². The predicted molar refractivity (Wildman–Crippen MR) is 94.4 cm³/mol. The van der Waals surface area contributed by atoms with Crippen LogP contribution in [0.2, 0.25) is 0 Å². The van der Waals surface area contributed by atoms with Gasteiger partial charge in [0.15, 0.2) is 0 Å². The zero-order valence-corrected chi connectivity index (χ0v) is 15.0. The molecule has 136 valence electrons. The van der Waals surface area contributed by atoms with Gasteiger partial charge in [0.05, 0.1) is 19.8 Å². The normalized spacial score (nSPS) is 20.5. The van der Waals surface area contributed by atoms with Gasteiger partial charge >= 0.3 is 0 Å². The lowest BCUT2D eigenvalue weighted by Crippen LogP contribution is -2.44. The van der Waals surface area contributed by atoms with Crippen molar-refractivity contribution in [2.45, 2.75) is 32.9 Å². The first-order valence-electron chi connectivity index (χ1n) is 8.99. The second-order valence-corrected chi connectivity index (χ2v) is 6.90. The number of nitrogens with zero attached hydrogens (tertiary/aromatic N) is 2. The van der Waals surface area contributed by atoms with Crippen molar-refractivity contribution < 1.29 is 14.2 Å². The number of hydrogen-bond donors (Lipinski definition) is 1. The minimum absolute atomic E-state index is 0.0834. The van der Waals surface area contributed by atoms with Gasteiger partial charge in [0.1, 0.15) is 5.82 Å². The van der Waals surface area contributed by atoms with Crippen LogP contribution in [0.1, 0.15) is 25.8 Å². The van der Waals surface area contributed by atoms with Gasteiger partial charge in [-0.15, -0.1) is 0 Å². The van der Waals surface area contributed by atoms with E-state index >= 15 is 0 Å². The number of benzene rings is 1. The van der Waals surface area contributed by atoms with Crippen molar-refractivity contribution in [3.05, 3.63) is 35.6 Å². The summed E-state index contributed by atoms with van der Waals surface area (Å²) in [7, 11) is 0. The summed E-state index contributed by atoms with van der Waals surface area (Å²) < 4.78 is 18.5. The molecule has 4 nitrogen and oxygen atoms in total. The maximum atomic E-state index is 13.1. The Kier molecular flexibility index (Phi) is 8.12. The minimum Gasteiger partial charge on any atom is -0.394 e. The third-order valence-electron chi connectivity index (χ3n) is 4.69. The standard InChI is InChI=1S/C19H31FN2O2/c1-16(2)19-15-21(10-12-24-13-11-23)8-3-9-22(19)14-17-4-6-18(20)7-5-17/h4-7,16,19,23H,3,8-15H2,1-2H3. The molecule has 24 heavy (non-hydrogen) atoms. The summed E-state index contributed by atoms with van der Waals surface area (Å²) in [5.74, 6) is 0.383. The molecule has 0 radical (unpaired) electrons. The van der Waals surface area contributed by atoms with Gasteiger partial charge in [0.2, 0.25) is 0 Å². The molecule has 0 saturated carbocycles. The lowest BCUT2D eigenvalue weighted by molar-refractivity contribution is 0.0667. The van der Waals surface area contributed by atoms with Crippen LogP contribution in [-0.2, 0) is 11.3 Å². The van der Waals surface area contributed by atoms with Crippen LogP contribution in [0.15, 0.2) is 24.3 Å². The zero-order chi connectivity index (χ0) is 17.4. The Labute approximate surface area is 145 Å². The van der Waals surface area contributed by atoms with Crippen molar-refractivity contribution in [3.8, 4) is 0 Å². The van der Waals surface area contributed by atoms with Crippen LogP contribution in [0.3, 0.4) is 0 Å². The van der Waals surface area contributed by atoms with Gasteiger partial charge in [-0.25, -0.2) is 4.39 Å². The van der Waals surface area contributed by atoms with E-state index in [2.05, 4.69) is 23.6 Å². The van der Waals surface area contributed by atoms with Crippen LogP contribution in [-0.4, -0.2) is 66.9 Å². The highest BCUT2D eigenvalue weighted by Gasteiger charge is 2.27. The molecule has 0 amide bonds. The third kappa shape index (κ3) is 6.13. The van der Waals surface area contributed by atoms with E-state index in [1.165, 1.54) is 5.56 Å². The molecule has 1 N–H and O–H groups in total. The van der Waals surface area contributed by atoms with Crippen LogP contribution in [0.4, 0.5) is 4.39 Å². The Bertz CT molecular complexity index is 467. The highest BCUT2D eigenvalue weighted by Crippen LogP contribution is 2.20. The molecule has 0 aliphatic carbocycles. The van der Waals surface area contributed by atoms with Crippen LogP contribution in [0.25, 0.3) is 0 Å². The maximum Gasteiger partial charge on any atom is 0.123 e. The Hall–Kier alpha value is -1.01. The lowest BCUT2D eigenvalue weighted by atomic mass is 10.0. The van der Waals surface area contributed by atoms with E-state index in [9.17, 15) is 4.39 Å². The molecule has 1 heterocycles. The smallest absolute Gasteiger partial charge is 0.123 e. The summed E-state index contributed by atoms with van der Waals surface area (Å²) in [5, 5.41) is 8.79. The van der Waals surface area contributed by atoms with Crippen molar-refractivity contribution >= 4 is 0 Å². The third-order valence-corrected chi connectivity index (χ3v) is 4.69. The largest absolute Gasteiger partial charge is 0.394 e. The maximum absolute atomic E-state index is 13.1. The summed E-state index contributed by atoms with van der Waals surface area (Å²) in [5.41, 5.74) is 1.17. The topological polar surface area (TPSA) is 35.9 Å². The van der Waals surface area contributed by atoms with Crippen LogP contribution < -0.4 is 0 Å². The Morgan fingerprint density at radius 1 is 1.21 bits per heavy atom. The minimum atomic E-state index is -0.177. The second kappa shape index (κ2) is 10.1. The van der Waals surface area contributed by atoms with E-state index in [0.29, 0.717) is 25.2 Å². The van der Waals surface area contributed by atoms with Crippen LogP contribution in [0.5, 0.6) is 0 Å². The molecule has 1 aliphatic heterocycles. The molecule has 1 saturated heterocycles. The van der Waals surface area contributed by atoms with Crippen LogP contribution >= 0.6 is 0 Å². The molecular formula is C19H31FN2O2. The number of aliphatic hydroxyl groups is 1. The Balaban J connectivity index is 1.94. The molecule has 1 aliphatic rings. The highest BCUT2D eigenvalue weighted by atomic mass is 19.1. The van der Waals surface area contributed by atoms with E-state index < -0.39 is 0 Å². The van der Waals surface area contributed by atoms with E-state index in [0.717, 1.165) is 39.1 Å². The number of hydrogen-bond acceptors (Lipinski definition) is 4. The van der Waals surface area contributed by atoms with Crippen molar-refractivity contribution in [1.82, 2.24) is 9.80 Å². The van der Waals surface area contributed by atoms with Gasteiger partial charge in [0, 0.05) is 32.2 Å². The van der Waals surface area contributed by atoms with Gasteiger partial charge in [-0.3, -0.25) is 9.80 Å². The molecule has 1 atom stereocenters. The summed E-state index contributed by atoms with van der Waals surface area (Å²) in [6.07, 6.45) is 1.13. The predicted octanol–water partition coefficient (Wildman–Crippen LogP) is 2.37. The van der Waals surface area contributed by atoms with E-state index in [1.54, 1.807) is 12.1 Å². The molecule has 1 fully saturated rings. The summed E-state index contributed by atoms with van der Waals surface area (Å²) in [6, 6.07) is 7.34. The molecule has 2 rings (SSSR count). The molecule has 1 unspecified atom stereocenters. The Morgan fingerprint density at radius 2 is 1.96 bits per heavy atom. The fourth-order valence-electron chi connectivity index (χ4n) is 3.35. The lowest BCUT2D eigenvalue weighted by Gasteiger charge is -2.34. The highest BCUT2D eigenvalue weighted by molar-refractivity contribution is 5.16. The quantitative estimate of drug-likeness (QED) is 0.738. The first-order chi connectivity index (χ1) is 11.6. The van der Waals surface area contributed by atoms with Gasteiger partial charge in [-0.2, -0.15) is 0 Å². The van der Waals surface area contributed by atoms with Crippen molar-refractivity contribution in [2.75, 3.05) is 46.0 Å². The molecule has 0 bridgehead atoms. The van der Waals surface area contributed by atoms with Gasteiger partial charge < -0.3 is 9.84 Å². The number of rotatable bonds is 8. The fourth-order valence-corrected chi connectivity index (χ4v) is 3.35. The number of ether oxygens (including phenoxy) is 1. The first kappa shape index (κ1) is 19.3. The SMILES string of the molecule is CC(C)C1CN(CCOCCO)CCCN1Cc1ccc(F)cc1. The summed E-state index contributed by atoms with van der Waals surface area (Å²) in [4.78, 5) is 5.00.